The highest BCUT2D eigenvalue weighted by Gasteiger charge is 2.17. The molecule has 1 atom stereocenters. The summed E-state index contributed by atoms with van der Waals surface area (Å²) in [5.41, 5.74) is 5.71. The van der Waals surface area contributed by atoms with E-state index >= 15 is 0 Å². The molecule has 1 fully saturated rings. The van der Waals surface area contributed by atoms with Crippen LogP contribution < -0.4 is 5.73 Å². The second-order valence-electron chi connectivity index (χ2n) is 4.72. The lowest BCUT2D eigenvalue weighted by Crippen LogP contribution is -2.40. The summed E-state index contributed by atoms with van der Waals surface area (Å²) in [7, 11) is 0. The van der Waals surface area contributed by atoms with E-state index in [1.54, 1.807) is 0 Å². The number of rotatable bonds is 8. The van der Waals surface area contributed by atoms with Crippen LogP contribution in [-0.2, 0) is 9.47 Å². The molecule has 0 amide bonds. The maximum Gasteiger partial charge on any atom is 0.107 e. The molecule has 0 spiro atoms. The van der Waals surface area contributed by atoms with Gasteiger partial charge in [0.2, 0.25) is 0 Å². The fourth-order valence-electron chi connectivity index (χ4n) is 2.19. The number of hydrogen-bond acceptors (Lipinski definition) is 5. The van der Waals surface area contributed by atoms with Crippen molar-refractivity contribution in [3.63, 3.8) is 0 Å². The topological polar surface area (TPSA) is 68.0 Å². The first-order chi connectivity index (χ1) is 9.36. The zero-order valence-electron chi connectivity index (χ0n) is 11.6. The van der Waals surface area contributed by atoms with Crippen molar-refractivity contribution in [2.75, 3.05) is 59.2 Å². The number of hydrogen-bond donors (Lipinski definition) is 2. The fourth-order valence-corrected chi connectivity index (χ4v) is 2.19. The molecule has 0 bridgehead atoms. The van der Waals surface area contributed by atoms with Gasteiger partial charge >= 0.3 is 0 Å². The largest absolute Gasteiger partial charge is 0.384 e. The molecule has 0 radical (unpaired) electrons. The number of nitrogens with zero attached hydrogens (tertiary/aromatic N) is 1. The normalized spacial score (nSPS) is 20.0. The van der Waals surface area contributed by atoms with E-state index in [0.29, 0.717) is 25.7 Å². The predicted octanol–water partition coefficient (Wildman–Crippen LogP) is -0.314. The van der Waals surface area contributed by atoms with Gasteiger partial charge in [0.1, 0.15) is 13.2 Å². The van der Waals surface area contributed by atoms with E-state index in [1.807, 2.05) is 0 Å². The van der Waals surface area contributed by atoms with E-state index in [4.69, 9.17) is 20.3 Å². The molecular formula is C14H26N2O3. The Labute approximate surface area is 116 Å². The minimum atomic E-state index is -0.112. The minimum Gasteiger partial charge on any atom is -0.384 e. The standard InChI is InChI=1S/C14H26N2O3/c15-12-14-4-3-5-16(13-14)6-9-19-11-10-18-8-2-1-7-17/h14,17H,3-13,15H2. The highest BCUT2D eigenvalue weighted by atomic mass is 16.5. The Morgan fingerprint density at radius 2 is 2.05 bits per heavy atom. The second-order valence-corrected chi connectivity index (χ2v) is 4.72. The summed E-state index contributed by atoms with van der Waals surface area (Å²) in [6, 6.07) is 0. The summed E-state index contributed by atoms with van der Waals surface area (Å²) in [6.45, 7) is 6.15. The fraction of sp³-hybridized carbons (Fsp3) is 0.857. The molecule has 1 unspecified atom stereocenters. The molecule has 1 saturated heterocycles. The van der Waals surface area contributed by atoms with Crippen molar-refractivity contribution >= 4 is 0 Å². The van der Waals surface area contributed by atoms with E-state index < -0.39 is 0 Å². The van der Waals surface area contributed by atoms with Crippen LogP contribution >= 0.6 is 0 Å². The SMILES string of the molecule is NCC1CCCN(CCOCCOCC#CCO)C1. The third-order valence-electron chi connectivity index (χ3n) is 3.24. The van der Waals surface area contributed by atoms with Gasteiger partial charge < -0.3 is 25.2 Å². The van der Waals surface area contributed by atoms with Gasteiger partial charge in [-0.3, -0.25) is 0 Å². The van der Waals surface area contributed by atoms with Crippen LogP contribution in [0.4, 0.5) is 0 Å². The first-order valence-corrected chi connectivity index (χ1v) is 7.01. The predicted molar refractivity (Wildman–Crippen MR) is 74.7 cm³/mol. The number of piperidine rings is 1. The summed E-state index contributed by atoms with van der Waals surface area (Å²) in [5.74, 6) is 5.87. The number of nitrogens with two attached hydrogens (primary N) is 1. The maximum atomic E-state index is 8.43. The van der Waals surface area contributed by atoms with Crippen LogP contribution in [0.25, 0.3) is 0 Å². The van der Waals surface area contributed by atoms with Crippen LogP contribution in [0.3, 0.4) is 0 Å². The van der Waals surface area contributed by atoms with E-state index in [9.17, 15) is 0 Å². The number of likely N-dealkylation sites (tertiary alicyclic amines) is 1. The van der Waals surface area contributed by atoms with Crippen LogP contribution in [-0.4, -0.2) is 69.2 Å². The monoisotopic (exact) mass is 270 g/mol. The molecule has 5 heteroatoms. The highest BCUT2D eigenvalue weighted by Crippen LogP contribution is 2.14. The Morgan fingerprint density at radius 1 is 1.21 bits per heavy atom. The first kappa shape index (κ1) is 16.4. The first-order valence-electron chi connectivity index (χ1n) is 7.01. The van der Waals surface area contributed by atoms with E-state index in [-0.39, 0.29) is 6.61 Å². The van der Waals surface area contributed by atoms with Gasteiger partial charge in [0.15, 0.2) is 0 Å². The van der Waals surface area contributed by atoms with E-state index in [0.717, 1.165) is 32.8 Å². The Kier molecular flexibility index (Phi) is 9.68. The van der Waals surface area contributed by atoms with Crippen molar-refractivity contribution < 1.29 is 14.6 Å². The smallest absolute Gasteiger partial charge is 0.107 e. The quantitative estimate of drug-likeness (QED) is 0.468. The molecule has 0 saturated carbocycles. The average molecular weight is 270 g/mol. The molecule has 5 nitrogen and oxygen atoms in total. The van der Waals surface area contributed by atoms with Gasteiger partial charge in [0.25, 0.3) is 0 Å². The van der Waals surface area contributed by atoms with Gasteiger partial charge in [-0.15, -0.1) is 0 Å². The summed E-state index contributed by atoms with van der Waals surface area (Å²) in [5, 5.41) is 8.43. The summed E-state index contributed by atoms with van der Waals surface area (Å²) >= 11 is 0. The van der Waals surface area contributed by atoms with Gasteiger partial charge in [-0.05, 0) is 31.8 Å². The summed E-state index contributed by atoms with van der Waals surface area (Å²) in [6.07, 6.45) is 2.51. The zero-order valence-corrected chi connectivity index (χ0v) is 11.6. The molecule has 0 aromatic carbocycles. The van der Waals surface area contributed by atoms with Gasteiger partial charge in [-0.2, -0.15) is 0 Å². The highest BCUT2D eigenvalue weighted by molar-refractivity contribution is 4.98. The Bertz CT molecular complexity index is 276. The molecule has 3 N–H and O–H groups in total. The Hall–Kier alpha value is -0.640. The second kappa shape index (κ2) is 11.2. The summed E-state index contributed by atoms with van der Waals surface area (Å²) < 4.78 is 10.7. The molecule has 1 heterocycles. The van der Waals surface area contributed by atoms with Gasteiger partial charge in [-0.1, -0.05) is 11.8 Å². The van der Waals surface area contributed by atoms with Crippen LogP contribution in [0.1, 0.15) is 12.8 Å². The molecule has 0 aromatic rings. The van der Waals surface area contributed by atoms with Crippen LogP contribution in [0.5, 0.6) is 0 Å². The van der Waals surface area contributed by atoms with Crippen molar-refractivity contribution in [2.45, 2.75) is 12.8 Å². The maximum absolute atomic E-state index is 8.43. The number of ether oxygens (including phenoxy) is 2. The Morgan fingerprint density at radius 3 is 2.84 bits per heavy atom. The van der Waals surface area contributed by atoms with Crippen LogP contribution in [0, 0.1) is 17.8 Å². The molecule has 0 aliphatic carbocycles. The van der Waals surface area contributed by atoms with Crippen molar-refractivity contribution in [3.05, 3.63) is 0 Å². The molecule has 110 valence electrons. The van der Waals surface area contributed by atoms with Crippen LogP contribution in [0.2, 0.25) is 0 Å². The minimum absolute atomic E-state index is 0.112. The lowest BCUT2D eigenvalue weighted by Gasteiger charge is -2.31. The third-order valence-corrected chi connectivity index (χ3v) is 3.24. The van der Waals surface area contributed by atoms with E-state index in [1.165, 1.54) is 12.8 Å². The van der Waals surface area contributed by atoms with Crippen molar-refractivity contribution in [2.24, 2.45) is 11.7 Å². The van der Waals surface area contributed by atoms with Crippen molar-refractivity contribution in [3.8, 4) is 11.8 Å². The Balaban J connectivity index is 1.90. The molecule has 1 aliphatic rings. The summed E-state index contributed by atoms with van der Waals surface area (Å²) in [4.78, 5) is 2.43. The number of aliphatic hydroxyl groups is 1. The molecule has 1 aliphatic heterocycles. The van der Waals surface area contributed by atoms with Crippen LogP contribution in [0.15, 0.2) is 0 Å². The molecule has 0 aromatic heterocycles. The molecule has 1 rings (SSSR count). The molecule has 19 heavy (non-hydrogen) atoms. The van der Waals surface area contributed by atoms with Crippen molar-refractivity contribution in [1.29, 1.82) is 0 Å². The average Bonchev–Trinajstić information content (AvgIpc) is 2.46. The molecular weight excluding hydrogens is 244 g/mol. The zero-order chi connectivity index (χ0) is 13.8. The van der Waals surface area contributed by atoms with Gasteiger partial charge in [0, 0.05) is 13.1 Å². The lowest BCUT2D eigenvalue weighted by molar-refractivity contribution is 0.0426. The lowest BCUT2D eigenvalue weighted by atomic mass is 9.98. The third kappa shape index (κ3) is 8.19. The van der Waals surface area contributed by atoms with Gasteiger partial charge in [-0.25, -0.2) is 0 Å². The van der Waals surface area contributed by atoms with E-state index in [2.05, 4.69) is 16.7 Å². The number of aliphatic hydroxyl groups excluding tert-OH is 1. The van der Waals surface area contributed by atoms with Crippen molar-refractivity contribution in [1.82, 2.24) is 4.90 Å². The van der Waals surface area contributed by atoms with Gasteiger partial charge in [0.05, 0.1) is 19.8 Å².